The lowest BCUT2D eigenvalue weighted by molar-refractivity contribution is 0.0894. The molecule has 1 aromatic rings. The smallest absolute Gasteiger partial charge is 0.120 e. The number of nitrogens with zero attached hydrogens (tertiary/aromatic N) is 4. The normalized spacial score (nSPS) is 18.8. The van der Waals surface area contributed by atoms with Crippen molar-refractivity contribution in [2.75, 3.05) is 19.8 Å². The van der Waals surface area contributed by atoms with Gasteiger partial charge in [-0.25, -0.2) is 0 Å². The summed E-state index contributed by atoms with van der Waals surface area (Å²) in [6, 6.07) is 1.85. The van der Waals surface area contributed by atoms with E-state index >= 15 is 0 Å². The van der Waals surface area contributed by atoms with E-state index in [9.17, 15) is 10.2 Å². The van der Waals surface area contributed by atoms with E-state index in [0.717, 1.165) is 72.3 Å². The van der Waals surface area contributed by atoms with Gasteiger partial charge in [-0.1, -0.05) is 16.9 Å². The van der Waals surface area contributed by atoms with Crippen molar-refractivity contribution in [2.24, 2.45) is 15.3 Å². The Balaban J connectivity index is 1.49. The molecule has 0 fully saturated rings. The molecule has 2 N–H and O–H groups in total. The van der Waals surface area contributed by atoms with Gasteiger partial charge in [0.05, 0.1) is 24.6 Å². The van der Waals surface area contributed by atoms with Crippen molar-refractivity contribution in [1.29, 1.82) is 0 Å². The Kier molecular flexibility index (Phi) is 8.49. The SMILES string of the molecule is C=NC1=C(C(=C)CO)CCC/C1=N\OCCCO/N=C1\CCCc2c(CO)ccnc21. The third-order valence-electron chi connectivity index (χ3n) is 5.43. The average Bonchev–Trinajstić information content (AvgIpc) is 2.82. The molecule has 1 heterocycles. The maximum atomic E-state index is 9.51. The standard InChI is InChI=1S/C23H30N4O4/c1-16(14-28)18-6-3-8-20(22(18)24-2)26-30-12-5-13-31-27-21-9-4-7-19-17(15-29)10-11-25-23(19)21/h10-11,28-29H,1-9,12-15H2/b26-20+,27-21+. The van der Waals surface area contributed by atoms with Gasteiger partial charge in [-0.05, 0) is 73.6 Å². The molecule has 0 amide bonds. The molecular weight excluding hydrogens is 396 g/mol. The van der Waals surface area contributed by atoms with Crippen LogP contribution in [0, 0.1) is 0 Å². The van der Waals surface area contributed by atoms with Gasteiger partial charge in [-0.3, -0.25) is 9.98 Å². The van der Waals surface area contributed by atoms with Crippen LogP contribution in [0.4, 0.5) is 0 Å². The van der Waals surface area contributed by atoms with E-state index in [2.05, 4.69) is 33.6 Å². The molecular formula is C23H30N4O4. The van der Waals surface area contributed by atoms with E-state index in [4.69, 9.17) is 9.68 Å². The zero-order chi connectivity index (χ0) is 22.1. The number of pyridine rings is 1. The highest BCUT2D eigenvalue weighted by Crippen LogP contribution is 2.28. The third kappa shape index (κ3) is 5.65. The fraction of sp³-hybridized carbons (Fsp3) is 0.478. The first-order valence-corrected chi connectivity index (χ1v) is 10.6. The number of fused-ring (bicyclic) bond motifs is 1. The van der Waals surface area contributed by atoms with Crippen LogP contribution in [0.1, 0.15) is 55.3 Å². The summed E-state index contributed by atoms with van der Waals surface area (Å²) >= 11 is 0. The topological polar surface area (TPSA) is 109 Å². The number of aliphatic hydroxyl groups excluding tert-OH is 2. The Bertz CT molecular complexity index is 905. The first-order valence-electron chi connectivity index (χ1n) is 10.6. The van der Waals surface area contributed by atoms with Crippen molar-refractivity contribution in [3.8, 4) is 0 Å². The van der Waals surface area contributed by atoms with Gasteiger partial charge in [0, 0.05) is 12.6 Å². The van der Waals surface area contributed by atoms with E-state index in [1.165, 1.54) is 0 Å². The molecule has 8 nitrogen and oxygen atoms in total. The molecule has 1 aromatic heterocycles. The lowest BCUT2D eigenvalue weighted by atomic mass is 9.90. The lowest BCUT2D eigenvalue weighted by Crippen LogP contribution is -2.17. The summed E-state index contributed by atoms with van der Waals surface area (Å²) in [5, 5.41) is 27.3. The Morgan fingerprint density at radius 1 is 1.03 bits per heavy atom. The van der Waals surface area contributed by atoms with E-state index in [1.807, 2.05) is 6.07 Å². The van der Waals surface area contributed by atoms with Crippen LogP contribution in [0.25, 0.3) is 0 Å². The highest BCUT2D eigenvalue weighted by Gasteiger charge is 2.21. The van der Waals surface area contributed by atoms with Gasteiger partial charge in [0.15, 0.2) is 0 Å². The Hall–Kier alpha value is -2.84. The van der Waals surface area contributed by atoms with E-state index in [0.29, 0.717) is 30.9 Å². The minimum atomic E-state index is -0.107. The molecule has 0 aromatic carbocycles. The van der Waals surface area contributed by atoms with Crippen LogP contribution in [-0.4, -0.2) is 53.2 Å². The van der Waals surface area contributed by atoms with Crippen molar-refractivity contribution in [3.63, 3.8) is 0 Å². The molecule has 0 bridgehead atoms. The number of aliphatic imine (C=N–C) groups is 1. The average molecular weight is 427 g/mol. The van der Waals surface area contributed by atoms with Gasteiger partial charge < -0.3 is 19.9 Å². The summed E-state index contributed by atoms with van der Waals surface area (Å²) in [4.78, 5) is 19.4. The molecule has 0 saturated heterocycles. The summed E-state index contributed by atoms with van der Waals surface area (Å²) in [6.45, 7) is 8.19. The zero-order valence-electron chi connectivity index (χ0n) is 17.8. The first-order chi connectivity index (χ1) is 15.2. The molecule has 8 heteroatoms. The van der Waals surface area contributed by atoms with E-state index in [-0.39, 0.29) is 13.2 Å². The summed E-state index contributed by atoms with van der Waals surface area (Å²) in [5.74, 6) is 0. The van der Waals surface area contributed by atoms with Gasteiger partial charge >= 0.3 is 0 Å². The highest BCUT2D eigenvalue weighted by molar-refractivity contribution is 6.02. The van der Waals surface area contributed by atoms with Crippen molar-refractivity contribution in [1.82, 2.24) is 4.98 Å². The summed E-state index contributed by atoms with van der Waals surface area (Å²) in [6.07, 6.45) is 7.46. The second-order valence-corrected chi connectivity index (χ2v) is 7.51. The van der Waals surface area contributed by atoms with Crippen molar-refractivity contribution in [3.05, 3.63) is 52.5 Å². The predicted octanol–water partition coefficient (Wildman–Crippen LogP) is 3.08. The zero-order valence-corrected chi connectivity index (χ0v) is 17.8. The molecule has 31 heavy (non-hydrogen) atoms. The molecule has 0 atom stereocenters. The maximum absolute atomic E-state index is 9.51. The number of aromatic nitrogens is 1. The molecule has 166 valence electrons. The Labute approximate surface area is 182 Å². The maximum Gasteiger partial charge on any atom is 0.120 e. The minimum Gasteiger partial charge on any atom is -0.395 e. The number of aliphatic hydroxyl groups is 2. The van der Waals surface area contributed by atoms with Crippen LogP contribution < -0.4 is 0 Å². The third-order valence-corrected chi connectivity index (χ3v) is 5.43. The van der Waals surface area contributed by atoms with Crippen molar-refractivity contribution < 1.29 is 19.9 Å². The van der Waals surface area contributed by atoms with Gasteiger partial charge in [0.2, 0.25) is 0 Å². The highest BCUT2D eigenvalue weighted by atomic mass is 16.6. The molecule has 0 aliphatic heterocycles. The minimum absolute atomic E-state index is 0.00666. The van der Waals surface area contributed by atoms with E-state index < -0.39 is 0 Å². The molecule has 0 unspecified atom stereocenters. The molecule has 0 radical (unpaired) electrons. The number of hydrogen-bond donors (Lipinski definition) is 2. The van der Waals surface area contributed by atoms with Crippen LogP contribution in [-0.2, 0) is 22.7 Å². The van der Waals surface area contributed by atoms with Crippen molar-refractivity contribution >= 4 is 18.1 Å². The Morgan fingerprint density at radius 2 is 1.74 bits per heavy atom. The second kappa shape index (κ2) is 11.5. The Morgan fingerprint density at radius 3 is 2.45 bits per heavy atom. The molecule has 0 saturated carbocycles. The van der Waals surface area contributed by atoms with E-state index in [1.54, 1.807) is 6.20 Å². The van der Waals surface area contributed by atoms with Crippen LogP contribution in [0.15, 0.2) is 51.0 Å². The molecule has 3 rings (SSSR count). The molecule has 2 aliphatic rings. The summed E-state index contributed by atoms with van der Waals surface area (Å²) in [7, 11) is 0. The fourth-order valence-electron chi connectivity index (χ4n) is 3.84. The predicted molar refractivity (Wildman–Crippen MR) is 120 cm³/mol. The van der Waals surface area contributed by atoms with Crippen LogP contribution in [0.3, 0.4) is 0 Å². The molecule has 0 spiro atoms. The van der Waals surface area contributed by atoms with Crippen LogP contribution in [0.2, 0.25) is 0 Å². The quantitative estimate of drug-likeness (QED) is 0.339. The second-order valence-electron chi connectivity index (χ2n) is 7.51. The van der Waals surface area contributed by atoms with Crippen molar-refractivity contribution in [2.45, 2.75) is 51.6 Å². The monoisotopic (exact) mass is 426 g/mol. The molecule has 2 aliphatic carbocycles. The summed E-state index contributed by atoms with van der Waals surface area (Å²) < 4.78 is 0. The number of allylic oxidation sites excluding steroid dienone is 1. The number of hydrogen-bond acceptors (Lipinski definition) is 8. The number of rotatable bonds is 10. The largest absolute Gasteiger partial charge is 0.395 e. The van der Waals surface area contributed by atoms with Gasteiger partial charge in [0.25, 0.3) is 0 Å². The van der Waals surface area contributed by atoms with Gasteiger partial charge in [0.1, 0.15) is 24.6 Å². The number of oxime groups is 2. The lowest BCUT2D eigenvalue weighted by Gasteiger charge is -2.19. The van der Waals surface area contributed by atoms with Gasteiger partial charge in [-0.2, -0.15) is 0 Å². The van der Waals surface area contributed by atoms with Crippen LogP contribution >= 0.6 is 0 Å². The van der Waals surface area contributed by atoms with Crippen LogP contribution in [0.5, 0.6) is 0 Å². The fourth-order valence-corrected chi connectivity index (χ4v) is 3.84. The summed E-state index contributed by atoms with van der Waals surface area (Å²) in [5.41, 5.74) is 6.56. The first kappa shape index (κ1) is 22.8. The van der Waals surface area contributed by atoms with Gasteiger partial charge in [-0.15, -0.1) is 0 Å².